The molecule has 0 aromatic heterocycles. The number of nitro benzene ring substituents is 1. The Morgan fingerprint density at radius 2 is 1.82 bits per heavy atom. The lowest BCUT2D eigenvalue weighted by Gasteiger charge is -2.24. The summed E-state index contributed by atoms with van der Waals surface area (Å²) >= 11 is 1.27. The van der Waals surface area contributed by atoms with Crippen LogP contribution in [0.1, 0.15) is 18.4 Å². The van der Waals surface area contributed by atoms with Crippen molar-refractivity contribution in [3.8, 4) is 0 Å². The fourth-order valence-electron chi connectivity index (χ4n) is 3.51. The zero-order valence-electron chi connectivity index (χ0n) is 17.8. The third-order valence-corrected chi connectivity index (χ3v) is 6.25. The van der Waals surface area contributed by atoms with E-state index in [2.05, 4.69) is 10.6 Å². The Bertz CT molecular complexity index is 1120. The van der Waals surface area contributed by atoms with Crippen LogP contribution in [-0.4, -0.2) is 33.6 Å². The first-order valence-corrected chi connectivity index (χ1v) is 11.2. The first-order chi connectivity index (χ1) is 15.7. The van der Waals surface area contributed by atoms with Crippen molar-refractivity contribution in [2.24, 2.45) is 11.8 Å². The quantitative estimate of drug-likeness (QED) is 0.227. The summed E-state index contributed by atoms with van der Waals surface area (Å²) in [4.78, 5) is 47.5. The van der Waals surface area contributed by atoms with Crippen LogP contribution in [0.5, 0.6) is 0 Å². The van der Waals surface area contributed by atoms with E-state index in [9.17, 15) is 29.6 Å². The fourth-order valence-corrected chi connectivity index (χ4v) is 4.27. The van der Waals surface area contributed by atoms with Crippen LogP contribution in [0.2, 0.25) is 0 Å². The Balaban J connectivity index is 1.57. The Kier molecular flexibility index (Phi) is 7.83. The number of thioether (sulfide) groups is 1. The summed E-state index contributed by atoms with van der Waals surface area (Å²) < 4.78 is 0. The van der Waals surface area contributed by atoms with Gasteiger partial charge in [-0.15, -0.1) is 11.8 Å². The molecule has 2 aromatic carbocycles. The van der Waals surface area contributed by atoms with Crippen LogP contribution in [0, 0.1) is 28.9 Å². The normalized spacial score (nSPS) is 17.2. The minimum Gasteiger partial charge on any atom is -0.481 e. The van der Waals surface area contributed by atoms with Gasteiger partial charge in [-0.3, -0.25) is 24.5 Å². The summed E-state index contributed by atoms with van der Waals surface area (Å²) in [7, 11) is 0. The van der Waals surface area contributed by atoms with E-state index in [0.717, 1.165) is 4.90 Å². The lowest BCUT2D eigenvalue weighted by atomic mass is 9.82. The van der Waals surface area contributed by atoms with Gasteiger partial charge in [0.2, 0.25) is 11.8 Å². The van der Waals surface area contributed by atoms with E-state index in [1.165, 1.54) is 30.0 Å². The predicted octanol–water partition coefficient (Wildman–Crippen LogP) is 4.24. The Labute approximate surface area is 194 Å². The molecule has 2 atom stereocenters. The highest BCUT2D eigenvalue weighted by Crippen LogP contribution is 2.28. The van der Waals surface area contributed by atoms with E-state index >= 15 is 0 Å². The number of allylic oxidation sites excluding steroid dienone is 2. The van der Waals surface area contributed by atoms with E-state index in [4.69, 9.17) is 0 Å². The van der Waals surface area contributed by atoms with E-state index in [0.29, 0.717) is 29.8 Å². The SMILES string of the molecule is Cc1cc([N+](=O)[O-])ccc1NC(=O)CSc1cccc(NC(=O)C2CC=CCC2C(=O)O)c1. The molecule has 0 bridgehead atoms. The Morgan fingerprint density at radius 3 is 2.48 bits per heavy atom. The second kappa shape index (κ2) is 10.8. The molecule has 1 aliphatic carbocycles. The number of nitrogens with zero attached hydrogens (tertiary/aromatic N) is 1. The van der Waals surface area contributed by atoms with Crippen molar-refractivity contribution in [1.29, 1.82) is 0 Å². The molecule has 0 spiro atoms. The van der Waals surface area contributed by atoms with Gasteiger partial charge in [-0.25, -0.2) is 0 Å². The molecule has 0 aliphatic heterocycles. The van der Waals surface area contributed by atoms with Gasteiger partial charge in [-0.05, 0) is 49.6 Å². The van der Waals surface area contributed by atoms with Crippen molar-refractivity contribution in [2.45, 2.75) is 24.7 Å². The summed E-state index contributed by atoms with van der Waals surface area (Å²) in [6.07, 6.45) is 4.30. The van der Waals surface area contributed by atoms with E-state index < -0.39 is 22.7 Å². The number of carboxylic acid groups (broad SMARTS) is 1. The fraction of sp³-hybridized carbons (Fsp3) is 0.261. The molecular formula is C23H23N3O6S. The van der Waals surface area contributed by atoms with Crippen LogP contribution in [0.3, 0.4) is 0 Å². The van der Waals surface area contributed by atoms with Crippen LogP contribution >= 0.6 is 11.8 Å². The molecule has 2 unspecified atom stereocenters. The Hall–Kier alpha value is -3.66. The lowest BCUT2D eigenvalue weighted by molar-refractivity contribution is -0.384. The van der Waals surface area contributed by atoms with Crippen LogP contribution < -0.4 is 10.6 Å². The van der Waals surface area contributed by atoms with Crippen molar-refractivity contribution in [3.05, 3.63) is 70.3 Å². The van der Waals surface area contributed by atoms with E-state index in [-0.39, 0.29) is 23.3 Å². The zero-order chi connectivity index (χ0) is 24.0. The van der Waals surface area contributed by atoms with Gasteiger partial charge < -0.3 is 15.7 Å². The van der Waals surface area contributed by atoms with Crippen LogP contribution in [0.15, 0.2) is 59.5 Å². The van der Waals surface area contributed by atoms with Gasteiger partial charge in [-0.2, -0.15) is 0 Å². The molecule has 3 N–H and O–H groups in total. The number of anilines is 2. The van der Waals surface area contributed by atoms with E-state index in [1.807, 2.05) is 6.08 Å². The van der Waals surface area contributed by atoms with Crippen LogP contribution in [-0.2, 0) is 14.4 Å². The number of nitro groups is 1. The highest BCUT2D eigenvalue weighted by molar-refractivity contribution is 8.00. The van der Waals surface area contributed by atoms with Crippen molar-refractivity contribution in [3.63, 3.8) is 0 Å². The second-order valence-corrected chi connectivity index (χ2v) is 8.65. The molecule has 0 saturated heterocycles. The number of rotatable bonds is 8. The molecule has 33 heavy (non-hydrogen) atoms. The van der Waals surface area contributed by atoms with E-state index in [1.54, 1.807) is 37.3 Å². The maximum atomic E-state index is 12.6. The number of hydrogen-bond acceptors (Lipinski definition) is 6. The number of carboxylic acids is 1. The largest absolute Gasteiger partial charge is 0.481 e. The molecule has 2 aromatic rings. The third kappa shape index (κ3) is 6.42. The second-order valence-electron chi connectivity index (χ2n) is 7.60. The van der Waals surface area contributed by atoms with Gasteiger partial charge in [-0.1, -0.05) is 18.2 Å². The molecule has 1 aliphatic rings. The molecule has 3 rings (SSSR count). The first-order valence-electron chi connectivity index (χ1n) is 10.2. The van der Waals surface area contributed by atoms with Crippen molar-refractivity contribution < 1.29 is 24.4 Å². The summed E-state index contributed by atoms with van der Waals surface area (Å²) in [6.45, 7) is 1.68. The van der Waals surface area contributed by atoms with Crippen molar-refractivity contribution in [1.82, 2.24) is 0 Å². The number of carbonyl (C=O) groups is 3. The van der Waals surface area contributed by atoms with Crippen LogP contribution in [0.25, 0.3) is 0 Å². The number of carbonyl (C=O) groups excluding carboxylic acids is 2. The third-order valence-electron chi connectivity index (χ3n) is 5.25. The van der Waals surface area contributed by atoms with Gasteiger partial charge in [0.05, 0.1) is 22.5 Å². The van der Waals surface area contributed by atoms with Gasteiger partial charge in [0.15, 0.2) is 0 Å². The molecule has 0 saturated carbocycles. The molecule has 2 amide bonds. The zero-order valence-corrected chi connectivity index (χ0v) is 18.6. The van der Waals surface area contributed by atoms with Crippen molar-refractivity contribution in [2.75, 3.05) is 16.4 Å². The molecule has 172 valence electrons. The highest BCUT2D eigenvalue weighted by atomic mass is 32.2. The topological polar surface area (TPSA) is 139 Å². The van der Waals surface area contributed by atoms with Gasteiger partial charge in [0.1, 0.15) is 0 Å². The predicted molar refractivity (Wildman–Crippen MR) is 125 cm³/mol. The summed E-state index contributed by atoms with van der Waals surface area (Å²) in [5, 5.41) is 25.7. The van der Waals surface area contributed by atoms with Gasteiger partial charge >= 0.3 is 5.97 Å². The Morgan fingerprint density at radius 1 is 1.09 bits per heavy atom. The summed E-state index contributed by atoms with van der Waals surface area (Å²) in [5.74, 6) is -2.90. The average Bonchev–Trinajstić information content (AvgIpc) is 2.79. The maximum Gasteiger partial charge on any atom is 0.307 e. The molecule has 9 nitrogen and oxygen atoms in total. The summed E-state index contributed by atoms with van der Waals surface area (Å²) in [5.41, 5.74) is 1.57. The average molecular weight is 470 g/mol. The minimum atomic E-state index is -0.988. The van der Waals surface area contributed by atoms with Gasteiger partial charge in [0, 0.05) is 28.4 Å². The standard InChI is InChI=1S/C23H23N3O6S/c1-14-11-16(26(31)32)9-10-20(14)25-21(27)13-33-17-6-4-5-15(12-17)24-22(28)18-7-2-3-8-19(18)23(29)30/h2-6,9-12,18-19H,7-8,13H2,1H3,(H,24,28)(H,25,27)(H,29,30). The van der Waals surface area contributed by atoms with Crippen molar-refractivity contribution >= 4 is 46.6 Å². The molecular weight excluding hydrogens is 446 g/mol. The number of benzene rings is 2. The minimum absolute atomic E-state index is 0.0438. The number of amides is 2. The number of hydrogen-bond donors (Lipinski definition) is 3. The summed E-state index contributed by atoms with van der Waals surface area (Å²) in [6, 6.07) is 11.2. The first kappa shape index (κ1) is 24.0. The number of aryl methyl sites for hydroxylation is 1. The monoisotopic (exact) mass is 469 g/mol. The number of aliphatic carboxylic acids is 1. The molecule has 0 fully saturated rings. The molecule has 10 heteroatoms. The number of non-ortho nitro benzene ring substituents is 1. The molecule has 0 heterocycles. The van der Waals surface area contributed by atoms with Crippen LogP contribution in [0.4, 0.5) is 17.1 Å². The lowest BCUT2D eigenvalue weighted by Crippen LogP contribution is -2.34. The number of nitrogens with one attached hydrogen (secondary N) is 2. The highest BCUT2D eigenvalue weighted by Gasteiger charge is 2.33. The maximum absolute atomic E-state index is 12.6. The smallest absolute Gasteiger partial charge is 0.307 e. The molecule has 0 radical (unpaired) electrons. The van der Waals surface area contributed by atoms with Gasteiger partial charge in [0.25, 0.3) is 5.69 Å².